The zero-order valence-electron chi connectivity index (χ0n) is 19.9. The van der Waals surface area contributed by atoms with Crippen LogP contribution in [0.3, 0.4) is 0 Å². The van der Waals surface area contributed by atoms with Crippen LogP contribution >= 0.6 is 11.6 Å². The lowest BCUT2D eigenvalue weighted by molar-refractivity contribution is -0.0335. The fourth-order valence-electron chi connectivity index (χ4n) is 4.71. The van der Waals surface area contributed by atoms with Gasteiger partial charge in [0.15, 0.2) is 0 Å². The number of rotatable bonds is 1. The minimum atomic E-state index is -0.591. The van der Waals surface area contributed by atoms with E-state index < -0.39 is 5.60 Å². The fraction of sp³-hybridized carbons (Fsp3) is 0.667. The van der Waals surface area contributed by atoms with Crippen LogP contribution in [0.15, 0.2) is 12.1 Å². The van der Waals surface area contributed by atoms with Crippen LogP contribution < -0.4 is 0 Å². The van der Waals surface area contributed by atoms with Crippen LogP contribution in [0.2, 0.25) is 5.02 Å². The van der Waals surface area contributed by atoms with Crippen molar-refractivity contribution in [1.29, 1.82) is 0 Å². The molecule has 1 aromatic carbocycles. The maximum atomic E-state index is 13.3. The Bertz CT molecular complexity index is 903. The number of hydrogen-bond acceptors (Lipinski definition) is 5. The number of hydrogen-bond donors (Lipinski definition) is 0. The third-order valence-corrected chi connectivity index (χ3v) is 6.46. The smallest absolute Gasteiger partial charge is 0.410 e. The molecule has 0 aliphatic carbocycles. The minimum Gasteiger partial charge on any atom is -0.444 e. The van der Waals surface area contributed by atoms with Gasteiger partial charge in [0.2, 0.25) is 0 Å². The number of carbonyl (C=O) groups is 2. The molecule has 0 saturated carbocycles. The van der Waals surface area contributed by atoms with Crippen molar-refractivity contribution in [3.05, 3.63) is 33.8 Å². The van der Waals surface area contributed by atoms with Gasteiger partial charge >= 0.3 is 12.1 Å². The van der Waals surface area contributed by atoms with Gasteiger partial charge in [-0.05, 0) is 62.9 Å². The number of ether oxygens (including phenoxy) is 3. The highest BCUT2D eigenvalue weighted by Gasteiger charge is 2.36. The first-order chi connectivity index (χ1) is 15.6. The van der Waals surface area contributed by atoms with Crippen molar-refractivity contribution in [2.24, 2.45) is 0 Å². The van der Waals surface area contributed by atoms with Crippen LogP contribution in [0.5, 0.6) is 0 Å². The molecule has 9 heteroatoms. The first-order valence-corrected chi connectivity index (χ1v) is 12.0. The molecule has 1 aromatic rings. The summed E-state index contributed by atoms with van der Waals surface area (Å²) in [5.74, 6) is 0. The van der Waals surface area contributed by atoms with E-state index in [4.69, 9.17) is 25.8 Å². The molecule has 3 aliphatic rings. The molecule has 2 saturated heterocycles. The van der Waals surface area contributed by atoms with Crippen LogP contribution in [0.25, 0.3) is 0 Å². The van der Waals surface area contributed by atoms with Crippen LogP contribution in [0.1, 0.15) is 50.4 Å². The summed E-state index contributed by atoms with van der Waals surface area (Å²) in [6, 6.07) is 3.59. The Morgan fingerprint density at radius 3 is 2.64 bits per heavy atom. The largest absolute Gasteiger partial charge is 0.444 e. The van der Waals surface area contributed by atoms with Crippen molar-refractivity contribution in [1.82, 2.24) is 14.7 Å². The second kappa shape index (κ2) is 9.68. The predicted octanol–water partition coefficient (Wildman–Crippen LogP) is 3.85. The van der Waals surface area contributed by atoms with Gasteiger partial charge in [0.25, 0.3) is 0 Å². The van der Waals surface area contributed by atoms with Crippen molar-refractivity contribution in [2.45, 2.75) is 58.4 Å². The Morgan fingerprint density at radius 1 is 1.12 bits per heavy atom. The second-order valence-electron chi connectivity index (χ2n) is 9.98. The molecule has 3 heterocycles. The van der Waals surface area contributed by atoms with Gasteiger partial charge in [0.1, 0.15) is 5.60 Å². The number of halogens is 1. The van der Waals surface area contributed by atoms with E-state index in [1.54, 1.807) is 4.90 Å². The van der Waals surface area contributed by atoms with Gasteiger partial charge in [-0.15, -0.1) is 0 Å². The molecular weight excluding hydrogens is 446 g/mol. The van der Waals surface area contributed by atoms with Crippen LogP contribution in [0, 0.1) is 0 Å². The predicted molar refractivity (Wildman–Crippen MR) is 124 cm³/mol. The molecule has 0 unspecified atom stereocenters. The Balaban J connectivity index is 1.60. The van der Waals surface area contributed by atoms with E-state index in [1.165, 1.54) is 0 Å². The lowest BCUT2D eigenvalue weighted by atomic mass is 9.90. The van der Waals surface area contributed by atoms with Gasteiger partial charge < -0.3 is 24.0 Å². The first kappa shape index (κ1) is 24.1. The molecule has 3 amide bonds. The molecule has 33 heavy (non-hydrogen) atoms. The zero-order chi connectivity index (χ0) is 23.8. The molecule has 2 atom stereocenters. The van der Waals surface area contributed by atoms with Gasteiger partial charge in [-0.3, -0.25) is 4.90 Å². The number of urea groups is 1. The van der Waals surface area contributed by atoms with Gasteiger partial charge in [0.05, 0.1) is 32.0 Å². The summed E-state index contributed by atoms with van der Waals surface area (Å²) in [4.78, 5) is 31.7. The Hall–Kier alpha value is -2.03. The van der Waals surface area contributed by atoms with E-state index in [2.05, 4.69) is 0 Å². The molecule has 2 fully saturated rings. The molecule has 3 aliphatic heterocycles. The number of benzene rings is 1. The van der Waals surface area contributed by atoms with E-state index in [0.29, 0.717) is 64.0 Å². The summed E-state index contributed by atoms with van der Waals surface area (Å²) >= 11 is 6.49. The molecular formula is C24H34ClN3O5. The van der Waals surface area contributed by atoms with E-state index in [1.807, 2.05) is 49.6 Å². The quantitative estimate of drug-likeness (QED) is 0.611. The first-order valence-electron chi connectivity index (χ1n) is 11.7. The van der Waals surface area contributed by atoms with Crippen molar-refractivity contribution in [3.63, 3.8) is 0 Å². The van der Waals surface area contributed by atoms with E-state index in [9.17, 15) is 9.59 Å². The van der Waals surface area contributed by atoms with Gasteiger partial charge in [-0.1, -0.05) is 11.6 Å². The van der Waals surface area contributed by atoms with Crippen LogP contribution in [-0.2, 0) is 27.2 Å². The number of fused-ring (bicyclic) bond motifs is 1. The molecule has 0 aromatic heterocycles. The summed E-state index contributed by atoms with van der Waals surface area (Å²) in [5, 5.41) is 0.625. The third kappa shape index (κ3) is 5.55. The molecule has 4 rings (SSSR count). The zero-order valence-corrected chi connectivity index (χ0v) is 20.7. The highest BCUT2D eigenvalue weighted by molar-refractivity contribution is 6.30. The molecule has 0 radical (unpaired) electrons. The summed E-state index contributed by atoms with van der Waals surface area (Å²) in [5.41, 5.74) is 2.50. The molecule has 0 spiro atoms. The monoisotopic (exact) mass is 479 g/mol. The van der Waals surface area contributed by atoms with Gasteiger partial charge in [0, 0.05) is 37.7 Å². The van der Waals surface area contributed by atoms with Gasteiger partial charge in [-0.2, -0.15) is 0 Å². The maximum Gasteiger partial charge on any atom is 0.410 e. The molecule has 182 valence electrons. The van der Waals surface area contributed by atoms with Crippen molar-refractivity contribution >= 4 is 23.7 Å². The van der Waals surface area contributed by atoms with E-state index in [-0.39, 0.29) is 24.3 Å². The fourth-order valence-corrected chi connectivity index (χ4v) is 4.96. The maximum absolute atomic E-state index is 13.3. The second-order valence-corrected chi connectivity index (χ2v) is 10.4. The molecule has 0 bridgehead atoms. The van der Waals surface area contributed by atoms with Crippen molar-refractivity contribution in [3.8, 4) is 0 Å². The summed E-state index contributed by atoms with van der Waals surface area (Å²) < 4.78 is 17.0. The highest BCUT2D eigenvalue weighted by Crippen LogP contribution is 2.35. The normalized spacial score (nSPS) is 23.8. The van der Waals surface area contributed by atoms with Crippen LogP contribution in [0.4, 0.5) is 9.59 Å². The summed E-state index contributed by atoms with van der Waals surface area (Å²) in [6.07, 6.45) is 0.389. The van der Waals surface area contributed by atoms with E-state index >= 15 is 0 Å². The average Bonchev–Trinajstić information content (AvgIpc) is 2.76. The van der Waals surface area contributed by atoms with Crippen molar-refractivity contribution < 1.29 is 23.8 Å². The topological polar surface area (TPSA) is 71.6 Å². The number of nitrogens with zero attached hydrogens (tertiary/aromatic N) is 3. The summed E-state index contributed by atoms with van der Waals surface area (Å²) in [6.45, 7) is 11.7. The Kier molecular flexibility index (Phi) is 7.07. The summed E-state index contributed by atoms with van der Waals surface area (Å²) in [7, 11) is 0. The number of amides is 3. The lowest BCUT2D eigenvalue weighted by Gasteiger charge is -2.40. The number of carbonyl (C=O) groups excluding carboxylic acids is 2. The SMILES string of the molecule is C[C@@H]1CN(C(=O)N2CCc3cc(Cl)cc([C@@H]4COCCN4C(=O)OC(C)(C)C)c3C2)CCO1. The molecule has 8 nitrogen and oxygen atoms in total. The van der Waals surface area contributed by atoms with Gasteiger partial charge in [-0.25, -0.2) is 9.59 Å². The Morgan fingerprint density at radius 2 is 1.91 bits per heavy atom. The standard InChI is InChI=1S/C24H34ClN3O5/c1-16-13-27(7-10-32-16)22(29)26-6-5-17-11-18(25)12-19(20(17)14-26)21-15-31-9-8-28(21)23(30)33-24(2,3)4/h11-12,16,21H,5-10,13-15H2,1-4H3/t16-,21+/m1/s1. The average molecular weight is 480 g/mol. The third-order valence-electron chi connectivity index (χ3n) is 6.24. The minimum absolute atomic E-state index is 0.0283. The highest BCUT2D eigenvalue weighted by atomic mass is 35.5. The Labute approximate surface area is 200 Å². The van der Waals surface area contributed by atoms with Crippen LogP contribution in [-0.4, -0.2) is 84.5 Å². The lowest BCUT2D eigenvalue weighted by Crippen LogP contribution is -2.51. The van der Waals surface area contributed by atoms with Crippen molar-refractivity contribution in [2.75, 3.05) is 46.0 Å². The van der Waals surface area contributed by atoms with E-state index in [0.717, 1.165) is 16.7 Å². The number of morpholine rings is 2. The molecule has 0 N–H and O–H groups in total.